The van der Waals surface area contributed by atoms with Gasteiger partial charge in [-0.1, -0.05) is 26.3 Å². The largest absolute Gasteiger partial charge is 0.460 e. The van der Waals surface area contributed by atoms with Gasteiger partial charge in [0.15, 0.2) is 0 Å². The van der Waals surface area contributed by atoms with Gasteiger partial charge in [0, 0.05) is 19.0 Å². The maximum absolute atomic E-state index is 13.7. The summed E-state index contributed by atoms with van der Waals surface area (Å²) in [5, 5.41) is 13.3. The van der Waals surface area contributed by atoms with Crippen molar-refractivity contribution < 1.29 is 67.2 Å². The van der Waals surface area contributed by atoms with Gasteiger partial charge in [0.25, 0.3) is 5.69 Å². The molecule has 1 aliphatic heterocycles. The van der Waals surface area contributed by atoms with Crippen LogP contribution in [0.1, 0.15) is 69.4 Å². The number of nitrogens with one attached hydrogen (secondary N) is 1. The van der Waals surface area contributed by atoms with Gasteiger partial charge in [0.2, 0.25) is 5.91 Å². The number of amides is 3. The highest BCUT2D eigenvalue weighted by Crippen LogP contribution is 2.54. The summed E-state index contributed by atoms with van der Waals surface area (Å²) >= 11 is 0.634. The Hall–Kier alpha value is -2.93. The molecular weight excluding hydrogens is 690 g/mol. The summed E-state index contributed by atoms with van der Waals surface area (Å²) in [6.45, 7) is 3.19. The number of imide groups is 1. The van der Waals surface area contributed by atoms with Crippen molar-refractivity contribution in [1.29, 1.82) is 0 Å². The van der Waals surface area contributed by atoms with E-state index in [4.69, 9.17) is 0 Å². The predicted octanol–water partition coefficient (Wildman–Crippen LogP) is 8.82. The second-order valence-corrected chi connectivity index (χ2v) is 13.1. The first-order valence-corrected chi connectivity index (χ1v) is 15.1. The Morgan fingerprint density at radius 2 is 1.53 bits per heavy atom. The topological polar surface area (TPSA) is 92.6 Å². The van der Waals surface area contributed by atoms with Crippen molar-refractivity contribution in [2.75, 3.05) is 24.6 Å². The van der Waals surface area contributed by atoms with E-state index in [0.29, 0.717) is 30.7 Å². The summed E-state index contributed by atoms with van der Waals surface area (Å²) in [6.07, 6.45) is -12.6. The molecule has 1 saturated heterocycles. The van der Waals surface area contributed by atoms with E-state index in [1.54, 1.807) is 13.8 Å². The maximum Gasteiger partial charge on any atom is 0.460 e. The van der Waals surface area contributed by atoms with Gasteiger partial charge in [-0.2, -0.15) is 64.4 Å². The molecule has 0 spiro atoms. The van der Waals surface area contributed by atoms with Crippen LogP contribution in [0.3, 0.4) is 0 Å². The molecule has 20 heteroatoms. The van der Waals surface area contributed by atoms with Gasteiger partial charge in [-0.15, -0.1) is 0 Å². The lowest BCUT2D eigenvalue weighted by molar-refractivity contribution is -0.396. The first kappa shape index (κ1) is 40.2. The lowest BCUT2D eigenvalue weighted by Crippen LogP contribution is -2.60. The van der Waals surface area contributed by atoms with Gasteiger partial charge in [0.1, 0.15) is 12.1 Å². The number of unbranched alkanes of at least 4 members (excludes halogenated alkanes) is 1. The van der Waals surface area contributed by atoms with E-state index in [2.05, 4.69) is 5.32 Å². The molecule has 1 aromatic carbocycles. The highest BCUT2D eigenvalue weighted by Gasteiger charge is 2.81. The van der Waals surface area contributed by atoms with Gasteiger partial charge in [-0.3, -0.25) is 20.2 Å². The number of rotatable bonds is 17. The van der Waals surface area contributed by atoms with Crippen molar-refractivity contribution in [2.45, 2.75) is 88.4 Å². The van der Waals surface area contributed by atoms with E-state index in [1.807, 2.05) is 0 Å². The zero-order valence-electron chi connectivity index (χ0n) is 24.9. The fraction of sp³-hybridized carbons (Fsp3) is 0.704. The lowest BCUT2D eigenvalue weighted by atomic mass is 9.75. The van der Waals surface area contributed by atoms with Crippen LogP contribution < -0.4 is 5.32 Å². The van der Waals surface area contributed by atoms with Crippen LogP contribution in [0.4, 0.5) is 63.2 Å². The van der Waals surface area contributed by atoms with E-state index in [0.717, 1.165) is 11.0 Å². The Morgan fingerprint density at radius 1 is 0.915 bits per heavy atom. The molecule has 1 atom stereocenters. The van der Waals surface area contributed by atoms with Crippen LogP contribution in [0.25, 0.3) is 0 Å². The molecule has 1 fully saturated rings. The monoisotopic (exact) mass is 721 g/mol. The van der Waals surface area contributed by atoms with Gasteiger partial charge < -0.3 is 4.90 Å². The smallest absolute Gasteiger partial charge is 0.315 e. The van der Waals surface area contributed by atoms with Crippen molar-refractivity contribution in [3.05, 3.63) is 39.4 Å². The number of carbonyl (C=O) groups excluding carboxylic acids is 2. The fourth-order valence-corrected chi connectivity index (χ4v) is 6.01. The Morgan fingerprint density at radius 3 is 2.04 bits per heavy atom. The molecule has 3 amide bonds. The molecule has 0 aromatic heterocycles. The Labute approximate surface area is 264 Å². The molecule has 2 rings (SSSR count). The number of carbonyl (C=O) groups is 2. The first-order chi connectivity index (χ1) is 21.2. The van der Waals surface area contributed by atoms with Gasteiger partial charge in [-0.05, 0) is 60.2 Å². The fourth-order valence-electron chi connectivity index (χ4n) is 5.00. The third-order valence-electron chi connectivity index (χ3n) is 7.57. The van der Waals surface area contributed by atoms with Gasteiger partial charge in [-0.25, -0.2) is 4.79 Å². The normalized spacial score (nSPS) is 16.1. The molecule has 0 radical (unpaired) electrons. The number of nitrogens with zero attached hydrogens (tertiary/aromatic N) is 2. The van der Waals surface area contributed by atoms with Crippen LogP contribution in [0.5, 0.6) is 0 Å². The van der Waals surface area contributed by atoms with Crippen molar-refractivity contribution >= 4 is 29.4 Å². The van der Waals surface area contributed by atoms with E-state index in [1.165, 1.54) is 6.07 Å². The quantitative estimate of drug-likeness (QED) is 0.0571. The van der Waals surface area contributed by atoms with Crippen LogP contribution in [0.15, 0.2) is 18.2 Å². The number of alkyl halides is 12. The number of hydrogen-bond donors (Lipinski definition) is 1. The van der Waals surface area contributed by atoms with E-state index >= 15 is 0 Å². The molecule has 47 heavy (non-hydrogen) atoms. The third-order valence-corrected chi connectivity index (χ3v) is 8.64. The molecule has 268 valence electrons. The van der Waals surface area contributed by atoms with Crippen molar-refractivity contribution in [3.63, 3.8) is 0 Å². The molecule has 1 aromatic rings. The molecule has 0 aliphatic carbocycles. The second kappa shape index (κ2) is 14.7. The summed E-state index contributed by atoms with van der Waals surface area (Å²) in [5.74, 6) is -21.3. The number of nitro groups is 1. The van der Waals surface area contributed by atoms with Crippen LogP contribution in [-0.2, 0) is 11.0 Å². The molecule has 7 nitrogen and oxygen atoms in total. The Balaban J connectivity index is 2.04. The van der Waals surface area contributed by atoms with Crippen LogP contribution in [0.2, 0.25) is 0 Å². The van der Waals surface area contributed by atoms with Crippen molar-refractivity contribution in [1.82, 2.24) is 10.2 Å². The molecular formula is C27H31F12N3O4S. The molecule has 1 heterocycles. The van der Waals surface area contributed by atoms with Crippen LogP contribution >= 0.6 is 11.8 Å². The van der Waals surface area contributed by atoms with Crippen molar-refractivity contribution in [2.24, 2.45) is 5.41 Å². The number of hydrogen-bond acceptors (Lipinski definition) is 5. The number of thioether (sulfide) groups is 1. The molecule has 0 saturated carbocycles. The lowest BCUT2D eigenvalue weighted by Gasteiger charge is -2.33. The summed E-state index contributed by atoms with van der Waals surface area (Å²) in [6, 6.07) is 1.87. The minimum absolute atomic E-state index is 0.0358. The minimum atomic E-state index is -6.95. The number of benzene rings is 1. The standard InChI is InChI=1S/C27H31F12N3O4S/c1-22(2,8-3-4-11-47-12-9-23(28,29)25(33,34)26(35,36)27(37,38)39)14-17(7-10-41-15-20(43)40-21(41)44)16-5-6-19(42(45)46)18(13-16)24(30,31)32/h5-6,13,17H,3-4,7-12,14-15H2,1-2H3,(H,40,43,44). The van der Waals surface area contributed by atoms with E-state index in [9.17, 15) is 72.4 Å². The number of nitro benzene ring substituents is 1. The average Bonchev–Trinajstić information content (AvgIpc) is 3.24. The maximum atomic E-state index is 13.7. The summed E-state index contributed by atoms with van der Waals surface area (Å²) in [4.78, 5) is 34.7. The van der Waals surface area contributed by atoms with Gasteiger partial charge >= 0.3 is 36.2 Å². The van der Waals surface area contributed by atoms with E-state index < -0.39 is 81.7 Å². The molecule has 1 aliphatic rings. The predicted molar refractivity (Wildman–Crippen MR) is 146 cm³/mol. The van der Waals surface area contributed by atoms with Gasteiger partial charge in [0.05, 0.1) is 4.92 Å². The molecule has 1 N–H and O–H groups in total. The Bertz CT molecular complexity index is 1290. The van der Waals surface area contributed by atoms with Crippen LogP contribution in [0, 0.1) is 15.5 Å². The number of halogens is 12. The third kappa shape index (κ3) is 10.0. The van der Waals surface area contributed by atoms with Crippen molar-refractivity contribution in [3.8, 4) is 0 Å². The molecule has 0 bridgehead atoms. The minimum Gasteiger partial charge on any atom is -0.315 e. The van der Waals surface area contributed by atoms with E-state index in [-0.39, 0.29) is 43.7 Å². The van der Waals surface area contributed by atoms with Crippen LogP contribution in [-0.4, -0.2) is 70.3 Å². The molecule has 1 unspecified atom stereocenters. The summed E-state index contributed by atoms with van der Waals surface area (Å²) < 4.78 is 158. The average molecular weight is 722 g/mol. The second-order valence-electron chi connectivity index (χ2n) is 11.8. The zero-order chi connectivity index (χ0) is 36.2. The highest BCUT2D eigenvalue weighted by molar-refractivity contribution is 7.99. The summed E-state index contributed by atoms with van der Waals surface area (Å²) in [5.41, 5.74) is -3.18. The first-order valence-electron chi connectivity index (χ1n) is 14.0. The summed E-state index contributed by atoms with van der Waals surface area (Å²) in [7, 11) is 0. The Kier molecular flexibility index (Phi) is 12.6. The highest BCUT2D eigenvalue weighted by atomic mass is 32.2. The SMILES string of the molecule is CC(C)(CCCCSCCC(F)(F)C(F)(F)C(F)(F)C(F)(F)F)CC(CCN1CC(=O)NC1=O)c1ccc([N+](=O)[O-])c(C(F)(F)F)c1. The number of urea groups is 1. The zero-order valence-corrected chi connectivity index (χ0v) is 25.7.